The Bertz CT molecular complexity index is 389. The van der Waals surface area contributed by atoms with E-state index in [0.29, 0.717) is 19.0 Å². The van der Waals surface area contributed by atoms with Crippen LogP contribution in [0, 0.1) is 11.8 Å². The highest BCUT2D eigenvalue weighted by atomic mass is 35.5. The predicted octanol–water partition coefficient (Wildman–Crippen LogP) is 1.96. The Labute approximate surface area is 132 Å². The lowest BCUT2D eigenvalue weighted by Crippen LogP contribution is -2.36. The number of nitrogens with zero attached hydrogens (tertiary/aromatic N) is 1. The Kier molecular flexibility index (Phi) is 9.55. The summed E-state index contributed by atoms with van der Waals surface area (Å²) in [6.45, 7) is 1.28. The van der Waals surface area contributed by atoms with Crippen LogP contribution in [0.3, 0.4) is 0 Å². The molecule has 1 saturated carbocycles. The highest BCUT2D eigenvalue weighted by molar-refractivity contribution is 5.85. The first kappa shape index (κ1) is 19.2. The Morgan fingerprint density at radius 3 is 2.80 bits per heavy atom. The van der Waals surface area contributed by atoms with Crippen LogP contribution < -0.4 is 11.1 Å². The third-order valence-corrected chi connectivity index (χ3v) is 3.71. The Hall–Kier alpha value is -0.840. The van der Waals surface area contributed by atoms with Crippen molar-refractivity contribution in [1.29, 1.82) is 0 Å². The minimum atomic E-state index is 0. The third kappa shape index (κ3) is 5.27. The predicted molar refractivity (Wildman–Crippen MR) is 85.3 cm³/mol. The summed E-state index contributed by atoms with van der Waals surface area (Å²) >= 11 is 0. The Morgan fingerprint density at radius 2 is 2.15 bits per heavy atom. The summed E-state index contributed by atoms with van der Waals surface area (Å²) in [6.07, 6.45) is 5.76. The summed E-state index contributed by atoms with van der Waals surface area (Å²) in [6, 6.07) is 5.84. The highest BCUT2D eigenvalue weighted by Crippen LogP contribution is 2.30. The number of rotatable bonds is 5. The molecule has 1 heterocycles. The average molecular weight is 320 g/mol. The molecule has 3 N–H and O–H groups in total. The molecule has 20 heavy (non-hydrogen) atoms. The number of pyridine rings is 1. The van der Waals surface area contributed by atoms with E-state index in [0.717, 1.165) is 31.4 Å². The number of nitrogens with two attached hydrogens (primary N) is 1. The summed E-state index contributed by atoms with van der Waals surface area (Å²) in [4.78, 5) is 16.3. The van der Waals surface area contributed by atoms with Crippen LogP contribution in [0.15, 0.2) is 24.4 Å². The maximum absolute atomic E-state index is 12.0. The van der Waals surface area contributed by atoms with E-state index in [9.17, 15) is 4.79 Å². The SMILES string of the molecule is Cl.Cl.NC[C@H]1CCC[C@H]1C(=O)NCCc1ccccn1. The standard InChI is InChI=1S/C14H21N3O.2ClH/c15-10-11-4-3-6-13(11)14(18)17-9-7-12-5-1-2-8-16-12;;/h1-2,5,8,11,13H,3-4,6-7,9-10,15H2,(H,17,18);2*1H/t11-,13-;;/m1../s1. The molecule has 4 nitrogen and oxygen atoms in total. The van der Waals surface area contributed by atoms with Crippen molar-refractivity contribution >= 4 is 30.7 Å². The van der Waals surface area contributed by atoms with Crippen molar-refractivity contribution in [3.8, 4) is 0 Å². The molecule has 0 unspecified atom stereocenters. The molecule has 2 atom stereocenters. The highest BCUT2D eigenvalue weighted by Gasteiger charge is 2.31. The van der Waals surface area contributed by atoms with Gasteiger partial charge < -0.3 is 11.1 Å². The van der Waals surface area contributed by atoms with E-state index in [1.807, 2.05) is 18.2 Å². The summed E-state index contributed by atoms with van der Waals surface area (Å²) in [5.74, 6) is 0.664. The Balaban J connectivity index is 0.00000180. The van der Waals surface area contributed by atoms with Gasteiger partial charge in [0.2, 0.25) is 5.91 Å². The second-order valence-corrected chi connectivity index (χ2v) is 4.90. The van der Waals surface area contributed by atoms with Crippen molar-refractivity contribution in [3.63, 3.8) is 0 Å². The zero-order chi connectivity index (χ0) is 12.8. The Morgan fingerprint density at radius 1 is 1.35 bits per heavy atom. The van der Waals surface area contributed by atoms with Crippen LogP contribution in [0.25, 0.3) is 0 Å². The molecule has 1 aromatic heterocycles. The number of hydrogen-bond donors (Lipinski definition) is 2. The normalized spacial score (nSPS) is 20.6. The molecule has 1 aromatic rings. The topological polar surface area (TPSA) is 68.0 Å². The van der Waals surface area contributed by atoms with Gasteiger partial charge in [-0.15, -0.1) is 24.8 Å². The number of nitrogens with one attached hydrogen (secondary N) is 1. The van der Waals surface area contributed by atoms with Crippen molar-refractivity contribution in [2.45, 2.75) is 25.7 Å². The quantitative estimate of drug-likeness (QED) is 0.871. The molecule has 0 saturated heterocycles. The van der Waals surface area contributed by atoms with Crippen LogP contribution in [0.2, 0.25) is 0 Å². The molecule has 6 heteroatoms. The van der Waals surface area contributed by atoms with E-state index < -0.39 is 0 Å². The van der Waals surface area contributed by atoms with Crippen LogP contribution in [-0.2, 0) is 11.2 Å². The first-order valence-electron chi connectivity index (χ1n) is 6.69. The van der Waals surface area contributed by atoms with Crippen molar-refractivity contribution in [1.82, 2.24) is 10.3 Å². The minimum Gasteiger partial charge on any atom is -0.355 e. The third-order valence-electron chi connectivity index (χ3n) is 3.71. The molecule has 114 valence electrons. The molecule has 0 bridgehead atoms. The average Bonchev–Trinajstić information content (AvgIpc) is 2.88. The fourth-order valence-electron chi connectivity index (χ4n) is 2.66. The molecular formula is C14H23Cl2N3O. The number of hydrogen-bond acceptors (Lipinski definition) is 3. The fraction of sp³-hybridized carbons (Fsp3) is 0.571. The van der Waals surface area contributed by atoms with E-state index in [4.69, 9.17) is 5.73 Å². The van der Waals surface area contributed by atoms with Gasteiger partial charge in [0.25, 0.3) is 0 Å². The van der Waals surface area contributed by atoms with Gasteiger partial charge in [-0.25, -0.2) is 0 Å². The second kappa shape index (κ2) is 9.97. The van der Waals surface area contributed by atoms with Crippen LogP contribution >= 0.6 is 24.8 Å². The van der Waals surface area contributed by atoms with E-state index in [2.05, 4.69) is 10.3 Å². The van der Waals surface area contributed by atoms with Gasteiger partial charge in [-0.05, 0) is 37.4 Å². The van der Waals surface area contributed by atoms with Gasteiger partial charge >= 0.3 is 0 Å². The van der Waals surface area contributed by atoms with Crippen molar-refractivity contribution in [2.75, 3.05) is 13.1 Å². The second-order valence-electron chi connectivity index (χ2n) is 4.90. The zero-order valence-corrected chi connectivity index (χ0v) is 13.1. The maximum Gasteiger partial charge on any atom is 0.223 e. The molecule has 1 fully saturated rings. The summed E-state index contributed by atoms with van der Waals surface area (Å²) in [5, 5.41) is 3.00. The molecular weight excluding hydrogens is 297 g/mol. The molecule has 0 aliphatic heterocycles. The number of carbonyl (C=O) groups excluding carboxylic acids is 1. The van der Waals surface area contributed by atoms with Crippen LogP contribution in [0.1, 0.15) is 25.0 Å². The van der Waals surface area contributed by atoms with Gasteiger partial charge in [-0.1, -0.05) is 12.5 Å². The van der Waals surface area contributed by atoms with Gasteiger partial charge in [0.15, 0.2) is 0 Å². The number of halogens is 2. The molecule has 0 aromatic carbocycles. The molecule has 1 aliphatic rings. The summed E-state index contributed by atoms with van der Waals surface area (Å²) in [5.41, 5.74) is 6.71. The fourth-order valence-corrected chi connectivity index (χ4v) is 2.66. The van der Waals surface area contributed by atoms with E-state index in [-0.39, 0.29) is 36.6 Å². The molecule has 0 radical (unpaired) electrons. The van der Waals surface area contributed by atoms with Gasteiger partial charge in [0, 0.05) is 30.8 Å². The smallest absolute Gasteiger partial charge is 0.223 e. The van der Waals surface area contributed by atoms with Gasteiger partial charge in [0.1, 0.15) is 0 Å². The monoisotopic (exact) mass is 319 g/mol. The summed E-state index contributed by atoms with van der Waals surface area (Å²) in [7, 11) is 0. The summed E-state index contributed by atoms with van der Waals surface area (Å²) < 4.78 is 0. The number of amides is 1. The first-order valence-corrected chi connectivity index (χ1v) is 6.69. The van der Waals surface area contributed by atoms with Crippen molar-refractivity contribution < 1.29 is 4.79 Å². The van der Waals surface area contributed by atoms with Gasteiger partial charge in [0.05, 0.1) is 0 Å². The van der Waals surface area contributed by atoms with E-state index >= 15 is 0 Å². The number of carbonyl (C=O) groups is 1. The van der Waals surface area contributed by atoms with Crippen molar-refractivity contribution in [2.24, 2.45) is 17.6 Å². The minimum absolute atomic E-state index is 0. The van der Waals surface area contributed by atoms with Crippen LogP contribution in [0.4, 0.5) is 0 Å². The molecule has 1 amide bonds. The largest absolute Gasteiger partial charge is 0.355 e. The number of aromatic nitrogens is 1. The van der Waals surface area contributed by atoms with Gasteiger partial charge in [-0.3, -0.25) is 9.78 Å². The lowest BCUT2D eigenvalue weighted by molar-refractivity contribution is -0.125. The maximum atomic E-state index is 12.0. The molecule has 0 spiro atoms. The lowest BCUT2D eigenvalue weighted by atomic mass is 9.95. The molecule has 1 aliphatic carbocycles. The zero-order valence-electron chi connectivity index (χ0n) is 11.5. The van der Waals surface area contributed by atoms with Gasteiger partial charge in [-0.2, -0.15) is 0 Å². The van der Waals surface area contributed by atoms with Crippen LogP contribution in [-0.4, -0.2) is 24.0 Å². The first-order chi connectivity index (χ1) is 8.81. The van der Waals surface area contributed by atoms with Crippen molar-refractivity contribution in [3.05, 3.63) is 30.1 Å². The van der Waals surface area contributed by atoms with Crippen LogP contribution in [0.5, 0.6) is 0 Å². The van der Waals surface area contributed by atoms with E-state index in [1.165, 1.54) is 0 Å². The molecule has 2 rings (SSSR count). The lowest BCUT2D eigenvalue weighted by Gasteiger charge is -2.17. The van der Waals surface area contributed by atoms with E-state index in [1.54, 1.807) is 6.20 Å².